The van der Waals surface area contributed by atoms with Crippen molar-refractivity contribution in [3.8, 4) is 34.0 Å². The maximum absolute atomic E-state index is 13.0. The lowest BCUT2D eigenvalue weighted by atomic mass is 9.99. The number of benzene rings is 2. The van der Waals surface area contributed by atoms with Crippen LogP contribution in [-0.4, -0.2) is 32.4 Å². The third-order valence-corrected chi connectivity index (χ3v) is 7.67. The van der Waals surface area contributed by atoms with Crippen LogP contribution in [0.4, 0.5) is 5.82 Å². The molecule has 1 aliphatic carbocycles. The van der Waals surface area contributed by atoms with Crippen molar-refractivity contribution >= 4 is 24.5 Å². The van der Waals surface area contributed by atoms with Crippen molar-refractivity contribution < 1.29 is 9.21 Å². The molecule has 0 spiro atoms. The number of nitrogen functional groups attached to an aromatic ring is 1. The van der Waals surface area contributed by atoms with Gasteiger partial charge in [-0.25, -0.2) is 15.0 Å². The quantitative estimate of drug-likeness (QED) is 0.228. The first kappa shape index (κ1) is 26.9. The van der Waals surface area contributed by atoms with Gasteiger partial charge in [0.25, 0.3) is 0 Å². The Morgan fingerprint density at radius 2 is 1.93 bits per heavy atom. The monoisotopic (exact) mass is 557 g/mol. The average molecular weight is 558 g/mol. The molecule has 0 aliphatic heterocycles. The van der Waals surface area contributed by atoms with E-state index in [1.165, 1.54) is 0 Å². The Kier molecular flexibility index (Phi) is 7.00. The Morgan fingerprint density at radius 1 is 1.12 bits per heavy atom. The molecule has 3 N–H and O–H groups in total. The normalized spacial score (nSPS) is 16.3. The Bertz CT molecular complexity index is 1830. The predicted molar refractivity (Wildman–Crippen MR) is 164 cm³/mol. The molecule has 1 fully saturated rings. The summed E-state index contributed by atoms with van der Waals surface area (Å²) in [6.07, 6.45) is 7.99. The van der Waals surface area contributed by atoms with Gasteiger partial charge in [0.05, 0.1) is 11.9 Å². The van der Waals surface area contributed by atoms with Crippen molar-refractivity contribution in [2.24, 2.45) is 18.0 Å². The number of carbonyl (C=O) groups is 1. The molecule has 0 saturated heterocycles. The average Bonchev–Trinajstić information content (AvgIpc) is 3.42. The first-order chi connectivity index (χ1) is 20.3. The zero-order chi connectivity index (χ0) is 29.4. The largest absolute Gasteiger partial charge is 0.444 e. The SMILES string of the molecule is C=N/C(=C\c1cc(-c2ccc(-c3nc(-c4ccccc4)co3)cc2C)nc(N)c1C)NC(=O)C1C[C@H]1c1cnn(C)c1. The van der Waals surface area contributed by atoms with Crippen molar-refractivity contribution in [2.45, 2.75) is 26.2 Å². The van der Waals surface area contributed by atoms with Gasteiger partial charge in [0.15, 0.2) is 0 Å². The summed E-state index contributed by atoms with van der Waals surface area (Å²) in [6.45, 7) is 7.57. The topological polar surface area (TPSA) is 124 Å². The van der Waals surface area contributed by atoms with E-state index in [0.29, 0.717) is 23.2 Å². The van der Waals surface area contributed by atoms with Gasteiger partial charge in [-0.05, 0) is 79.4 Å². The fraction of sp³-hybridized carbons (Fsp3) is 0.182. The van der Waals surface area contributed by atoms with E-state index in [2.05, 4.69) is 32.1 Å². The van der Waals surface area contributed by atoms with Crippen molar-refractivity contribution in [1.29, 1.82) is 0 Å². The number of rotatable bonds is 8. The highest BCUT2D eigenvalue weighted by Crippen LogP contribution is 2.47. The number of hydrogen-bond acceptors (Lipinski definition) is 7. The van der Waals surface area contributed by atoms with Gasteiger partial charge >= 0.3 is 0 Å². The number of aromatic nitrogens is 4. The minimum atomic E-state index is -0.118. The first-order valence-corrected chi connectivity index (χ1v) is 13.7. The number of pyridine rings is 1. The Balaban J connectivity index is 1.23. The summed E-state index contributed by atoms with van der Waals surface area (Å²) in [6, 6.07) is 17.8. The predicted octanol–water partition coefficient (Wildman–Crippen LogP) is 5.92. The highest BCUT2D eigenvalue weighted by Gasteiger charge is 2.44. The highest BCUT2D eigenvalue weighted by atomic mass is 16.3. The fourth-order valence-electron chi connectivity index (χ4n) is 5.14. The van der Waals surface area contributed by atoms with E-state index in [1.807, 2.05) is 87.9 Å². The number of aryl methyl sites for hydroxylation is 2. The summed E-state index contributed by atoms with van der Waals surface area (Å²) >= 11 is 0. The molecule has 0 radical (unpaired) electrons. The molecule has 42 heavy (non-hydrogen) atoms. The molecule has 2 aromatic carbocycles. The van der Waals surface area contributed by atoms with Crippen LogP contribution in [0.25, 0.3) is 40.0 Å². The molecule has 1 amide bonds. The summed E-state index contributed by atoms with van der Waals surface area (Å²) in [5.41, 5.74) is 14.3. The van der Waals surface area contributed by atoms with Gasteiger partial charge in [-0.1, -0.05) is 36.4 Å². The Hall–Kier alpha value is -5.31. The first-order valence-electron chi connectivity index (χ1n) is 13.7. The summed E-state index contributed by atoms with van der Waals surface area (Å²) < 4.78 is 7.54. The minimum Gasteiger partial charge on any atom is -0.444 e. The fourth-order valence-corrected chi connectivity index (χ4v) is 5.14. The second kappa shape index (κ2) is 10.9. The number of carbonyl (C=O) groups excluding carboxylic acids is 1. The smallest absolute Gasteiger partial charge is 0.229 e. The lowest BCUT2D eigenvalue weighted by Gasteiger charge is -2.12. The molecule has 210 valence electrons. The number of nitrogens with two attached hydrogens (primary N) is 1. The molecule has 1 aliphatic rings. The summed E-state index contributed by atoms with van der Waals surface area (Å²) in [7, 11) is 1.87. The van der Waals surface area contributed by atoms with E-state index < -0.39 is 0 Å². The lowest BCUT2D eigenvalue weighted by Crippen LogP contribution is -2.24. The van der Waals surface area contributed by atoms with Crippen LogP contribution in [0.5, 0.6) is 0 Å². The van der Waals surface area contributed by atoms with Gasteiger partial charge in [0.1, 0.15) is 23.6 Å². The van der Waals surface area contributed by atoms with Crippen molar-refractivity contribution in [1.82, 2.24) is 25.1 Å². The van der Waals surface area contributed by atoms with E-state index in [-0.39, 0.29) is 17.7 Å². The third-order valence-electron chi connectivity index (χ3n) is 7.67. The van der Waals surface area contributed by atoms with Gasteiger partial charge in [0, 0.05) is 35.9 Å². The van der Waals surface area contributed by atoms with E-state index >= 15 is 0 Å². The van der Waals surface area contributed by atoms with Crippen LogP contribution in [0.15, 0.2) is 88.5 Å². The molecular weight excluding hydrogens is 526 g/mol. The van der Waals surface area contributed by atoms with Crippen LogP contribution in [0, 0.1) is 19.8 Å². The molecule has 9 heteroatoms. The van der Waals surface area contributed by atoms with E-state index in [9.17, 15) is 4.79 Å². The van der Waals surface area contributed by atoms with Gasteiger partial charge < -0.3 is 15.5 Å². The molecular formula is C33H31N7O2. The van der Waals surface area contributed by atoms with Crippen molar-refractivity contribution in [3.05, 3.63) is 101 Å². The zero-order valence-corrected chi connectivity index (χ0v) is 23.7. The second-order valence-corrected chi connectivity index (χ2v) is 10.6. The van der Waals surface area contributed by atoms with Gasteiger partial charge in [-0.3, -0.25) is 9.48 Å². The van der Waals surface area contributed by atoms with Crippen LogP contribution in [0.2, 0.25) is 0 Å². The zero-order valence-electron chi connectivity index (χ0n) is 23.7. The number of aliphatic imine (C=N–C) groups is 1. The summed E-state index contributed by atoms with van der Waals surface area (Å²) in [5.74, 6) is 1.27. The number of amides is 1. The third kappa shape index (κ3) is 5.36. The summed E-state index contributed by atoms with van der Waals surface area (Å²) in [5, 5.41) is 7.14. The van der Waals surface area contributed by atoms with Crippen LogP contribution in [0.1, 0.15) is 34.6 Å². The van der Waals surface area contributed by atoms with Crippen molar-refractivity contribution in [3.63, 3.8) is 0 Å². The molecule has 1 unspecified atom stereocenters. The number of hydrogen-bond donors (Lipinski definition) is 2. The molecule has 0 bridgehead atoms. The molecule has 2 atom stereocenters. The lowest BCUT2D eigenvalue weighted by molar-refractivity contribution is -0.121. The van der Waals surface area contributed by atoms with Crippen LogP contribution < -0.4 is 11.1 Å². The Labute approximate surface area is 243 Å². The van der Waals surface area contributed by atoms with Crippen LogP contribution in [0.3, 0.4) is 0 Å². The van der Waals surface area contributed by atoms with Gasteiger partial charge in [-0.2, -0.15) is 5.10 Å². The van der Waals surface area contributed by atoms with E-state index in [0.717, 1.165) is 51.1 Å². The molecule has 5 aromatic rings. The Morgan fingerprint density at radius 3 is 2.64 bits per heavy atom. The second-order valence-electron chi connectivity index (χ2n) is 10.6. The number of anilines is 1. The van der Waals surface area contributed by atoms with E-state index in [1.54, 1.807) is 17.0 Å². The number of nitrogens with zero attached hydrogens (tertiary/aromatic N) is 5. The number of nitrogens with one attached hydrogen (secondary N) is 1. The van der Waals surface area contributed by atoms with Gasteiger partial charge in [-0.15, -0.1) is 0 Å². The molecule has 9 nitrogen and oxygen atoms in total. The highest BCUT2D eigenvalue weighted by molar-refractivity contribution is 5.85. The molecule has 3 aromatic heterocycles. The minimum absolute atomic E-state index is 0.0872. The molecule has 3 heterocycles. The maximum Gasteiger partial charge on any atom is 0.229 e. The molecule has 6 rings (SSSR count). The van der Waals surface area contributed by atoms with Crippen LogP contribution in [-0.2, 0) is 11.8 Å². The van der Waals surface area contributed by atoms with Gasteiger partial charge in [0.2, 0.25) is 11.8 Å². The standard InChI is InChI=1S/C33H31N7O2/c1-19-12-22(33-38-29(18-42-33)21-8-6-5-7-9-21)10-11-25(19)28-13-23(20(2)31(34)37-28)14-30(35-3)39-32(41)27-15-26(27)24-16-36-40(4)17-24/h5-14,16-18,26-27H,3,15H2,1-2,4H3,(H2,34,37)(H,39,41)/b30-14+/t26-,27?/m0/s1. The summed E-state index contributed by atoms with van der Waals surface area (Å²) in [4.78, 5) is 26.4. The van der Waals surface area contributed by atoms with Crippen molar-refractivity contribution in [2.75, 3.05) is 5.73 Å². The van der Waals surface area contributed by atoms with Crippen LogP contribution >= 0.6 is 0 Å². The number of oxazole rings is 1. The molecule has 1 saturated carbocycles. The van der Waals surface area contributed by atoms with E-state index in [4.69, 9.17) is 10.2 Å². The maximum atomic E-state index is 13.0.